The predicted octanol–water partition coefficient (Wildman–Crippen LogP) is 3.50. The van der Waals surface area contributed by atoms with Crippen LogP contribution in [0.15, 0.2) is 45.8 Å². The van der Waals surface area contributed by atoms with Crippen molar-refractivity contribution >= 4 is 56.3 Å². The highest BCUT2D eigenvalue weighted by molar-refractivity contribution is 7.98. The molecule has 24 heavy (non-hydrogen) atoms. The molecular formula is C14H15Cl2N3O2S3. The van der Waals surface area contributed by atoms with Crippen molar-refractivity contribution in [3.05, 3.63) is 56.6 Å². The van der Waals surface area contributed by atoms with Gasteiger partial charge in [-0.2, -0.15) is 16.1 Å². The first-order valence-corrected chi connectivity index (χ1v) is 11.1. The van der Waals surface area contributed by atoms with Crippen LogP contribution in [0.3, 0.4) is 0 Å². The Morgan fingerprint density at radius 3 is 2.79 bits per heavy atom. The van der Waals surface area contributed by atoms with Crippen molar-refractivity contribution in [2.75, 3.05) is 12.3 Å². The number of nitrogens with zero attached hydrogens (tertiary/aromatic N) is 1. The molecule has 0 spiro atoms. The van der Waals surface area contributed by atoms with Crippen LogP contribution in [0.2, 0.25) is 10.0 Å². The Kier molecular flexibility index (Phi) is 7.24. The van der Waals surface area contributed by atoms with Gasteiger partial charge in [-0.05, 0) is 35.8 Å². The van der Waals surface area contributed by atoms with Gasteiger partial charge in [0.1, 0.15) is 5.82 Å². The molecule has 0 aliphatic carbocycles. The van der Waals surface area contributed by atoms with Crippen LogP contribution in [0.5, 0.6) is 0 Å². The zero-order valence-electron chi connectivity index (χ0n) is 12.4. The van der Waals surface area contributed by atoms with Crippen LogP contribution < -0.4 is 11.1 Å². The molecule has 5 nitrogen and oxygen atoms in total. The second-order valence-corrected chi connectivity index (χ2v) is 9.05. The number of hydrogen-bond acceptors (Lipinski definition) is 7. The van der Waals surface area contributed by atoms with Crippen LogP contribution in [0.1, 0.15) is 5.69 Å². The maximum absolute atomic E-state index is 12.2. The molecule has 1 aromatic heterocycles. The number of rotatable bonds is 8. The number of benzene rings is 1. The lowest BCUT2D eigenvalue weighted by molar-refractivity contribution is 0.604. The fraction of sp³-hybridized carbons (Fsp3) is 0.214. The molecule has 0 aliphatic rings. The van der Waals surface area contributed by atoms with Crippen molar-refractivity contribution in [2.24, 2.45) is 5.73 Å². The minimum Gasteiger partial charge on any atom is -0.385 e. The lowest BCUT2D eigenvalue weighted by Crippen LogP contribution is -2.23. The number of hydrogen-bond donors (Lipinski definition) is 2. The van der Waals surface area contributed by atoms with E-state index in [0.29, 0.717) is 11.6 Å². The van der Waals surface area contributed by atoms with Crippen molar-refractivity contribution < 1.29 is 8.42 Å². The second-order valence-electron chi connectivity index (χ2n) is 4.66. The van der Waals surface area contributed by atoms with Crippen LogP contribution in [0.4, 0.5) is 0 Å². The van der Waals surface area contributed by atoms with Gasteiger partial charge in [0.25, 0.3) is 0 Å². The van der Waals surface area contributed by atoms with Gasteiger partial charge in [-0.15, -0.1) is 0 Å². The van der Waals surface area contributed by atoms with Gasteiger partial charge in [-0.1, -0.05) is 23.2 Å². The zero-order chi connectivity index (χ0) is 17.6. The third kappa shape index (κ3) is 5.86. The van der Waals surface area contributed by atoms with Gasteiger partial charge in [-0.3, -0.25) is 0 Å². The van der Waals surface area contributed by atoms with Crippen LogP contribution in [0, 0.1) is 0 Å². The van der Waals surface area contributed by atoms with E-state index in [0.717, 1.165) is 22.6 Å². The summed E-state index contributed by atoms with van der Waals surface area (Å²) in [6, 6.07) is 6.09. The monoisotopic (exact) mass is 423 g/mol. The van der Waals surface area contributed by atoms with E-state index < -0.39 is 9.84 Å². The van der Waals surface area contributed by atoms with E-state index in [9.17, 15) is 8.42 Å². The molecule has 3 N–H and O–H groups in total. The Hall–Kier alpha value is -0.930. The third-order valence-electron chi connectivity index (χ3n) is 2.82. The molecule has 0 unspecified atom stereocenters. The average molecular weight is 424 g/mol. The van der Waals surface area contributed by atoms with Gasteiger partial charge in [0, 0.05) is 23.4 Å². The van der Waals surface area contributed by atoms with Gasteiger partial charge in [0.15, 0.2) is 0 Å². The van der Waals surface area contributed by atoms with E-state index in [1.165, 1.54) is 29.7 Å². The van der Waals surface area contributed by atoms with Crippen molar-refractivity contribution in [1.82, 2.24) is 9.69 Å². The molecule has 0 saturated heterocycles. The lowest BCUT2D eigenvalue weighted by atomic mass is 10.4. The van der Waals surface area contributed by atoms with E-state index in [1.807, 2.05) is 11.4 Å². The average Bonchev–Trinajstić information content (AvgIpc) is 3.02. The molecule has 2 rings (SSSR count). The Bertz CT molecular complexity index is 809. The highest BCUT2D eigenvalue weighted by atomic mass is 35.5. The number of nitrogens with one attached hydrogen (secondary N) is 1. The normalized spacial score (nSPS) is 12.3. The first-order valence-electron chi connectivity index (χ1n) is 6.76. The highest BCUT2D eigenvalue weighted by Gasteiger charge is 2.14. The van der Waals surface area contributed by atoms with Crippen molar-refractivity contribution in [2.45, 2.75) is 10.6 Å². The second kappa shape index (κ2) is 8.96. The summed E-state index contributed by atoms with van der Waals surface area (Å²) >= 11 is 14.7. The zero-order valence-corrected chi connectivity index (χ0v) is 16.4. The maximum Gasteiger partial charge on any atom is 0.203 e. The molecule has 0 fully saturated rings. The fourth-order valence-corrected chi connectivity index (χ4v) is 4.53. The van der Waals surface area contributed by atoms with Gasteiger partial charge in [0.05, 0.1) is 26.0 Å². The topological polar surface area (TPSA) is 85.1 Å². The summed E-state index contributed by atoms with van der Waals surface area (Å²) in [5.41, 5.74) is 6.77. The smallest absolute Gasteiger partial charge is 0.203 e. The Labute approximate surface area is 159 Å². The van der Waals surface area contributed by atoms with E-state index in [2.05, 4.69) is 9.69 Å². The van der Waals surface area contributed by atoms with Crippen LogP contribution in [-0.2, 0) is 15.6 Å². The van der Waals surface area contributed by atoms with Crippen molar-refractivity contribution in [3.8, 4) is 0 Å². The summed E-state index contributed by atoms with van der Waals surface area (Å²) in [7, 11) is -3.68. The first kappa shape index (κ1) is 19.4. The van der Waals surface area contributed by atoms with Gasteiger partial charge < -0.3 is 11.1 Å². The number of halogens is 2. The number of thioether (sulfide) groups is 1. The molecule has 10 heteroatoms. The predicted molar refractivity (Wildman–Crippen MR) is 102 cm³/mol. The summed E-state index contributed by atoms with van der Waals surface area (Å²) in [6.07, 6.45) is 0. The summed E-state index contributed by atoms with van der Waals surface area (Å²) in [6.45, 7) is 0.550. The Morgan fingerprint density at radius 1 is 1.33 bits per heavy atom. The van der Waals surface area contributed by atoms with Gasteiger partial charge in [-0.25, -0.2) is 8.42 Å². The van der Waals surface area contributed by atoms with E-state index in [4.69, 9.17) is 28.9 Å². The summed E-state index contributed by atoms with van der Waals surface area (Å²) in [4.78, 5) is 0.0413. The summed E-state index contributed by atoms with van der Waals surface area (Å²) in [5.74, 6) is 1.67. The SMILES string of the molecule is NC(=CS(=O)(=O)c1ccc(Cl)c(Cl)c1)NCCSCc1ccsn1. The minimum absolute atomic E-state index is 0.0413. The largest absolute Gasteiger partial charge is 0.385 e. The molecule has 130 valence electrons. The van der Waals surface area contributed by atoms with Crippen LogP contribution in [0.25, 0.3) is 0 Å². The maximum atomic E-state index is 12.2. The highest BCUT2D eigenvalue weighted by Crippen LogP contribution is 2.25. The lowest BCUT2D eigenvalue weighted by Gasteiger charge is -2.07. The van der Waals surface area contributed by atoms with Crippen LogP contribution in [-0.4, -0.2) is 25.1 Å². The van der Waals surface area contributed by atoms with Crippen molar-refractivity contribution in [1.29, 1.82) is 0 Å². The van der Waals surface area contributed by atoms with Gasteiger partial charge in [0.2, 0.25) is 9.84 Å². The Morgan fingerprint density at radius 2 is 2.12 bits per heavy atom. The Balaban J connectivity index is 1.85. The van der Waals surface area contributed by atoms with Crippen LogP contribution >= 0.6 is 46.5 Å². The number of nitrogens with two attached hydrogens (primary N) is 1. The third-order valence-corrected chi connectivity index (χ3v) is 6.62. The molecule has 0 bridgehead atoms. The van der Waals surface area contributed by atoms with Gasteiger partial charge >= 0.3 is 0 Å². The fourth-order valence-electron chi connectivity index (χ4n) is 1.69. The molecule has 0 radical (unpaired) electrons. The molecule has 0 atom stereocenters. The number of sulfone groups is 1. The molecular weight excluding hydrogens is 409 g/mol. The van der Waals surface area contributed by atoms with Crippen molar-refractivity contribution in [3.63, 3.8) is 0 Å². The van der Waals surface area contributed by atoms with E-state index in [1.54, 1.807) is 11.8 Å². The standard InChI is InChI=1S/C14H15Cl2N3O2S3/c15-12-2-1-11(7-13(12)16)24(20,21)9-14(17)18-4-6-22-8-10-3-5-23-19-10/h1-3,5,7,9,18H,4,6,8,17H2. The quantitative estimate of drug-likeness (QED) is 0.631. The molecule has 1 heterocycles. The summed E-state index contributed by atoms with van der Waals surface area (Å²) < 4.78 is 28.7. The molecule has 0 amide bonds. The molecule has 2 aromatic rings. The first-order chi connectivity index (χ1) is 11.4. The molecule has 0 aliphatic heterocycles. The summed E-state index contributed by atoms with van der Waals surface area (Å²) in [5, 5.41) is 6.26. The minimum atomic E-state index is -3.68. The van der Waals surface area contributed by atoms with E-state index in [-0.39, 0.29) is 15.7 Å². The molecule has 0 saturated carbocycles. The number of aromatic nitrogens is 1. The molecule has 1 aromatic carbocycles. The van der Waals surface area contributed by atoms with E-state index >= 15 is 0 Å².